The first kappa shape index (κ1) is 11.5. The van der Waals surface area contributed by atoms with E-state index in [1.54, 1.807) is 11.9 Å². The van der Waals surface area contributed by atoms with Crippen LogP contribution in [-0.4, -0.2) is 31.1 Å². The van der Waals surface area contributed by atoms with Crippen molar-refractivity contribution in [2.45, 2.75) is 12.8 Å². The van der Waals surface area contributed by atoms with Crippen LogP contribution in [0.15, 0.2) is 24.3 Å². The predicted octanol–water partition coefficient (Wildman–Crippen LogP) is 2.01. The van der Waals surface area contributed by atoms with Gasteiger partial charge in [-0.2, -0.15) is 5.26 Å². The average molecular weight is 229 g/mol. The maximum Gasteiger partial charge on any atom is 0.325 e. The van der Waals surface area contributed by atoms with Crippen LogP contribution in [0.3, 0.4) is 0 Å². The van der Waals surface area contributed by atoms with Crippen LogP contribution in [0.4, 0.5) is 10.5 Å². The van der Waals surface area contributed by atoms with Gasteiger partial charge in [-0.05, 0) is 24.5 Å². The second-order valence-corrected chi connectivity index (χ2v) is 4.18. The number of hydrogen-bond acceptors (Lipinski definition) is 2. The predicted molar refractivity (Wildman–Crippen MR) is 65.7 cm³/mol. The first-order chi connectivity index (χ1) is 8.24. The van der Waals surface area contributed by atoms with Crippen molar-refractivity contribution in [3.05, 3.63) is 29.8 Å². The molecule has 0 aromatic heterocycles. The van der Waals surface area contributed by atoms with E-state index in [1.807, 2.05) is 24.3 Å². The van der Waals surface area contributed by atoms with E-state index in [2.05, 4.69) is 6.07 Å². The number of carbonyl (C=O) groups excluding carboxylic acids is 1. The fourth-order valence-electron chi connectivity index (χ4n) is 2.11. The standard InChI is InChI=1S/C13H15N3O/c1-15(10-8-14)13(17)16-9-4-6-11-5-2-3-7-12(11)16/h2-3,5,7H,4,6,9-10H2,1H3. The Morgan fingerprint density at radius 1 is 1.53 bits per heavy atom. The highest BCUT2D eigenvalue weighted by Crippen LogP contribution is 2.27. The molecule has 1 aromatic rings. The number of benzene rings is 1. The van der Waals surface area contributed by atoms with Gasteiger partial charge < -0.3 is 4.90 Å². The third kappa shape index (κ3) is 2.23. The minimum atomic E-state index is -0.0984. The molecule has 0 aliphatic carbocycles. The fraction of sp³-hybridized carbons (Fsp3) is 0.385. The summed E-state index contributed by atoms with van der Waals surface area (Å²) in [7, 11) is 1.66. The molecule has 0 spiro atoms. The lowest BCUT2D eigenvalue weighted by molar-refractivity contribution is 0.219. The maximum atomic E-state index is 12.2. The van der Waals surface area contributed by atoms with Crippen molar-refractivity contribution in [1.29, 1.82) is 5.26 Å². The molecule has 0 atom stereocenters. The van der Waals surface area contributed by atoms with Crippen molar-refractivity contribution in [2.75, 3.05) is 25.0 Å². The molecule has 17 heavy (non-hydrogen) atoms. The molecule has 1 aliphatic heterocycles. The van der Waals surface area contributed by atoms with Gasteiger partial charge in [-0.1, -0.05) is 18.2 Å². The molecule has 2 amide bonds. The Labute approximate surface area is 101 Å². The van der Waals surface area contributed by atoms with Crippen molar-refractivity contribution < 1.29 is 4.79 Å². The smallest absolute Gasteiger partial charge is 0.314 e. The highest BCUT2D eigenvalue weighted by molar-refractivity contribution is 5.93. The van der Waals surface area contributed by atoms with Crippen LogP contribution in [0.5, 0.6) is 0 Å². The highest BCUT2D eigenvalue weighted by Gasteiger charge is 2.24. The summed E-state index contributed by atoms with van der Waals surface area (Å²) < 4.78 is 0. The first-order valence-corrected chi connectivity index (χ1v) is 5.71. The Morgan fingerprint density at radius 2 is 2.29 bits per heavy atom. The quantitative estimate of drug-likeness (QED) is 0.692. The zero-order valence-electron chi connectivity index (χ0n) is 9.89. The van der Waals surface area contributed by atoms with E-state index in [0.29, 0.717) is 0 Å². The number of amides is 2. The molecule has 0 fully saturated rings. The lowest BCUT2D eigenvalue weighted by Crippen LogP contribution is -2.43. The van der Waals surface area contributed by atoms with Gasteiger partial charge >= 0.3 is 6.03 Å². The Kier molecular flexibility index (Phi) is 3.29. The summed E-state index contributed by atoms with van der Waals surface area (Å²) in [6.45, 7) is 0.850. The summed E-state index contributed by atoms with van der Waals surface area (Å²) in [5.74, 6) is 0. The average Bonchev–Trinajstić information content (AvgIpc) is 2.37. The SMILES string of the molecule is CN(CC#N)C(=O)N1CCCc2ccccc21. The molecular weight excluding hydrogens is 214 g/mol. The number of fused-ring (bicyclic) bond motifs is 1. The zero-order valence-corrected chi connectivity index (χ0v) is 9.89. The van der Waals surface area contributed by atoms with E-state index in [0.717, 1.165) is 25.1 Å². The first-order valence-electron chi connectivity index (χ1n) is 5.71. The van der Waals surface area contributed by atoms with Crippen molar-refractivity contribution in [3.8, 4) is 6.07 Å². The zero-order chi connectivity index (χ0) is 12.3. The number of hydrogen-bond donors (Lipinski definition) is 0. The topological polar surface area (TPSA) is 47.3 Å². The van der Waals surface area contributed by atoms with Gasteiger partial charge in [0.15, 0.2) is 0 Å². The monoisotopic (exact) mass is 229 g/mol. The van der Waals surface area contributed by atoms with Crippen LogP contribution < -0.4 is 4.90 Å². The summed E-state index contributed by atoms with van der Waals surface area (Å²) in [5.41, 5.74) is 2.19. The molecule has 4 heteroatoms. The van der Waals surface area contributed by atoms with E-state index in [-0.39, 0.29) is 12.6 Å². The second-order valence-electron chi connectivity index (χ2n) is 4.18. The molecule has 0 saturated heterocycles. The van der Waals surface area contributed by atoms with Crippen LogP contribution in [0.25, 0.3) is 0 Å². The lowest BCUT2D eigenvalue weighted by atomic mass is 10.0. The van der Waals surface area contributed by atoms with Gasteiger partial charge in [-0.15, -0.1) is 0 Å². The molecule has 2 rings (SSSR count). The Balaban J connectivity index is 2.24. The molecule has 4 nitrogen and oxygen atoms in total. The number of urea groups is 1. The van der Waals surface area contributed by atoms with Crippen LogP contribution in [0.1, 0.15) is 12.0 Å². The third-order valence-electron chi connectivity index (χ3n) is 2.98. The summed E-state index contributed by atoms with van der Waals surface area (Å²) >= 11 is 0. The van der Waals surface area contributed by atoms with Gasteiger partial charge in [0.25, 0.3) is 0 Å². The molecule has 0 bridgehead atoms. The maximum absolute atomic E-state index is 12.2. The van der Waals surface area contributed by atoms with E-state index in [4.69, 9.17) is 5.26 Å². The van der Waals surface area contributed by atoms with E-state index in [1.165, 1.54) is 10.5 Å². The highest BCUT2D eigenvalue weighted by atomic mass is 16.2. The third-order valence-corrected chi connectivity index (χ3v) is 2.98. The lowest BCUT2D eigenvalue weighted by Gasteiger charge is -2.32. The van der Waals surface area contributed by atoms with E-state index < -0.39 is 0 Å². The van der Waals surface area contributed by atoms with Gasteiger partial charge in [0, 0.05) is 19.3 Å². The van der Waals surface area contributed by atoms with Crippen molar-refractivity contribution in [1.82, 2.24) is 4.90 Å². The fourth-order valence-corrected chi connectivity index (χ4v) is 2.11. The minimum Gasteiger partial charge on any atom is -0.314 e. The van der Waals surface area contributed by atoms with Gasteiger partial charge in [0.05, 0.1) is 6.07 Å². The number of rotatable bonds is 1. The van der Waals surface area contributed by atoms with Crippen LogP contribution in [0, 0.1) is 11.3 Å². The molecule has 0 unspecified atom stereocenters. The van der Waals surface area contributed by atoms with Gasteiger partial charge in [-0.25, -0.2) is 4.79 Å². The molecule has 88 valence electrons. The number of carbonyl (C=O) groups is 1. The molecule has 1 aromatic carbocycles. The molecule has 1 aliphatic rings. The van der Waals surface area contributed by atoms with Gasteiger partial charge in [-0.3, -0.25) is 4.90 Å². The molecule has 0 N–H and O–H groups in total. The summed E-state index contributed by atoms with van der Waals surface area (Å²) in [6, 6.07) is 9.84. The summed E-state index contributed by atoms with van der Waals surface area (Å²) in [6.07, 6.45) is 1.99. The number of anilines is 1. The van der Waals surface area contributed by atoms with Gasteiger partial charge in [0.1, 0.15) is 6.54 Å². The molecular formula is C13H15N3O. The van der Waals surface area contributed by atoms with Crippen molar-refractivity contribution >= 4 is 11.7 Å². The molecule has 0 saturated carbocycles. The molecule has 0 radical (unpaired) electrons. The van der Waals surface area contributed by atoms with E-state index >= 15 is 0 Å². The molecule has 1 heterocycles. The second kappa shape index (κ2) is 4.88. The Bertz CT molecular complexity index is 464. The number of nitrogens with zero attached hydrogens (tertiary/aromatic N) is 3. The van der Waals surface area contributed by atoms with Gasteiger partial charge in [0.2, 0.25) is 0 Å². The Hall–Kier alpha value is -2.02. The Morgan fingerprint density at radius 3 is 3.06 bits per heavy atom. The summed E-state index contributed by atoms with van der Waals surface area (Å²) in [4.78, 5) is 15.4. The van der Waals surface area contributed by atoms with Crippen LogP contribution in [0.2, 0.25) is 0 Å². The minimum absolute atomic E-state index is 0.0984. The summed E-state index contributed by atoms with van der Waals surface area (Å²) in [5, 5.41) is 8.62. The van der Waals surface area contributed by atoms with Crippen molar-refractivity contribution in [2.24, 2.45) is 0 Å². The van der Waals surface area contributed by atoms with Crippen molar-refractivity contribution in [3.63, 3.8) is 0 Å². The van der Waals surface area contributed by atoms with E-state index in [9.17, 15) is 4.79 Å². The van der Waals surface area contributed by atoms with Crippen LogP contribution in [-0.2, 0) is 6.42 Å². The number of aryl methyl sites for hydroxylation is 1. The normalized spacial score (nSPS) is 13.8. The van der Waals surface area contributed by atoms with Crippen LogP contribution >= 0.6 is 0 Å². The number of nitriles is 1. The largest absolute Gasteiger partial charge is 0.325 e. The number of para-hydroxylation sites is 1.